The molecule has 2 fully saturated rings. The summed E-state index contributed by atoms with van der Waals surface area (Å²) in [4.78, 5) is 19.8. The van der Waals surface area contributed by atoms with Crippen LogP contribution in [0.5, 0.6) is 0 Å². The predicted molar refractivity (Wildman–Crippen MR) is 133 cm³/mol. The lowest BCUT2D eigenvalue weighted by atomic mass is 9.77. The Balaban J connectivity index is 1.34. The van der Waals surface area contributed by atoms with Crippen molar-refractivity contribution in [1.82, 2.24) is 20.1 Å². The third-order valence-electron chi connectivity index (χ3n) is 7.54. The first-order chi connectivity index (χ1) is 17.5. The Hall–Kier alpha value is -3.57. The lowest BCUT2D eigenvalue weighted by molar-refractivity contribution is 0.0421. The normalized spacial score (nSPS) is 17.4. The third kappa shape index (κ3) is 4.76. The van der Waals surface area contributed by atoms with Gasteiger partial charge in [0.15, 0.2) is 5.82 Å². The van der Waals surface area contributed by atoms with Crippen molar-refractivity contribution in [1.29, 1.82) is 5.26 Å². The maximum absolute atomic E-state index is 15.7. The van der Waals surface area contributed by atoms with Crippen LogP contribution in [0.2, 0.25) is 0 Å². The van der Waals surface area contributed by atoms with E-state index in [9.17, 15) is 4.79 Å². The van der Waals surface area contributed by atoms with Gasteiger partial charge in [0.1, 0.15) is 11.5 Å². The van der Waals surface area contributed by atoms with Crippen LogP contribution >= 0.6 is 0 Å². The number of hydrogen-bond donors (Lipinski definition) is 1. The second-order valence-corrected chi connectivity index (χ2v) is 9.73. The highest BCUT2D eigenvalue weighted by Crippen LogP contribution is 2.41. The number of alkyl halides is 1. The van der Waals surface area contributed by atoms with E-state index in [1.165, 1.54) is 12.0 Å². The average molecular weight is 488 g/mol. The molecule has 1 aromatic heterocycles. The monoisotopic (exact) mass is 487 g/mol. The summed E-state index contributed by atoms with van der Waals surface area (Å²) < 4.78 is 20.8. The fourth-order valence-corrected chi connectivity index (χ4v) is 5.06. The van der Waals surface area contributed by atoms with Crippen LogP contribution in [-0.2, 0) is 16.8 Å². The van der Waals surface area contributed by atoms with E-state index in [2.05, 4.69) is 21.3 Å². The van der Waals surface area contributed by atoms with Gasteiger partial charge in [-0.2, -0.15) is 10.4 Å². The Bertz CT molecular complexity index is 1270. The van der Waals surface area contributed by atoms with Gasteiger partial charge in [0.2, 0.25) is 0 Å². The van der Waals surface area contributed by atoms with Gasteiger partial charge < -0.3 is 9.64 Å². The van der Waals surface area contributed by atoms with Crippen LogP contribution in [0.3, 0.4) is 0 Å². The molecule has 2 aromatic carbocycles. The standard InChI is InChI=1S/C28H30FN5O2/c1-36-16-11-25-31-26(33-32-25)24-17-21(7-10-23(24)20-3-2-4-20)27(35)34-14-12-28(29,13-15-34)22-8-5-19(18-30)6-9-22/h5-10,17,20H,2-4,11-16H2,1H3,(H,31,32,33). The second kappa shape index (κ2) is 10.2. The van der Waals surface area contributed by atoms with Gasteiger partial charge in [-0.1, -0.05) is 24.6 Å². The first kappa shape index (κ1) is 24.1. The summed E-state index contributed by atoms with van der Waals surface area (Å²) in [6.45, 7) is 1.21. The molecular formula is C28H30FN5O2. The fraction of sp³-hybridized carbons (Fsp3) is 0.429. The van der Waals surface area contributed by atoms with Crippen LogP contribution in [0.25, 0.3) is 11.4 Å². The van der Waals surface area contributed by atoms with Crippen molar-refractivity contribution in [3.8, 4) is 17.5 Å². The molecule has 8 heteroatoms. The van der Waals surface area contributed by atoms with Crippen molar-refractivity contribution in [2.24, 2.45) is 0 Å². The number of benzene rings is 2. The van der Waals surface area contributed by atoms with Crippen molar-refractivity contribution in [2.75, 3.05) is 26.8 Å². The van der Waals surface area contributed by atoms with E-state index in [4.69, 9.17) is 10.00 Å². The van der Waals surface area contributed by atoms with Gasteiger partial charge in [-0.3, -0.25) is 9.89 Å². The van der Waals surface area contributed by atoms with Gasteiger partial charge in [0, 0.05) is 50.6 Å². The minimum atomic E-state index is -1.50. The molecule has 1 amide bonds. The second-order valence-electron chi connectivity index (χ2n) is 9.73. The molecule has 1 saturated heterocycles. The summed E-state index contributed by atoms with van der Waals surface area (Å²) in [6.07, 6.45) is 4.54. The van der Waals surface area contributed by atoms with Crippen LogP contribution in [0.1, 0.15) is 70.9 Å². The van der Waals surface area contributed by atoms with E-state index >= 15 is 4.39 Å². The van der Waals surface area contributed by atoms with Gasteiger partial charge in [0.05, 0.1) is 18.2 Å². The Kier molecular flexibility index (Phi) is 6.84. The number of carbonyl (C=O) groups is 1. The molecule has 0 atom stereocenters. The molecule has 0 unspecified atom stereocenters. The number of aromatic amines is 1. The molecular weight excluding hydrogens is 457 g/mol. The molecule has 3 aromatic rings. The van der Waals surface area contributed by atoms with Crippen LogP contribution < -0.4 is 0 Å². The number of halogens is 1. The molecule has 1 N–H and O–H groups in total. The number of rotatable bonds is 7. The highest BCUT2D eigenvalue weighted by atomic mass is 19.1. The maximum Gasteiger partial charge on any atom is 0.253 e. The summed E-state index contributed by atoms with van der Waals surface area (Å²) in [5, 5.41) is 16.4. The molecule has 0 bridgehead atoms. The summed E-state index contributed by atoms with van der Waals surface area (Å²) >= 11 is 0. The van der Waals surface area contributed by atoms with Crippen LogP contribution in [0.4, 0.5) is 4.39 Å². The number of nitriles is 1. The van der Waals surface area contributed by atoms with Gasteiger partial charge >= 0.3 is 0 Å². The Morgan fingerprint density at radius 3 is 2.61 bits per heavy atom. The molecule has 0 spiro atoms. The number of carbonyl (C=O) groups excluding carboxylic acids is 1. The molecule has 186 valence electrons. The summed E-state index contributed by atoms with van der Waals surface area (Å²) in [5.41, 5.74) is 2.21. The lowest BCUT2D eigenvalue weighted by Gasteiger charge is -2.37. The number of ether oxygens (including phenoxy) is 1. The van der Waals surface area contributed by atoms with Crippen molar-refractivity contribution in [3.63, 3.8) is 0 Å². The largest absolute Gasteiger partial charge is 0.384 e. The van der Waals surface area contributed by atoms with E-state index in [-0.39, 0.29) is 18.7 Å². The lowest BCUT2D eigenvalue weighted by Crippen LogP contribution is -2.43. The zero-order chi connectivity index (χ0) is 25.1. The SMILES string of the molecule is COCCc1nc(-c2cc(C(=O)N3CCC(F)(c4ccc(C#N)cc4)CC3)ccc2C2CCC2)n[nH]1. The van der Waals surface area contributed by atoms with Crippen LogP contribution in [0, 0.1) is 11.3 Å². The molecule has 1 saturated carbocycles. The number of piperidine rings is 1. The fourth-order valence-electron chi connectivity index (χ4n) is 5.06. The maximum atomic E-state index is 15.7. The molecule has 7 nitrogen and oxygen atoms in total. The first-order valence-corrected chi connectivity index (χ1v) is 12.5. The van der Waals surface area contributed by atoms with Crippen molar-refractivity contribution in [3.05, 3.63) is 70.5 Å². The summed E-state index contributed by atoms with van der Waals surface area (Å²) in [5.74, 6) is 1.70. The number of nitrogens with one attached hydrogen (secondary N) is 1. The van der Waals surface area contributed by atoms with E-state index in [0.29, 0.717) is 54.5 Å². The Labute approximate surface area is 210 Å². The summed E-state index contributed by atoms with van der Waals surface area (Å²) in [7, 11) is 1.65. The molecule has 2 heterocycles. The molecule has 0 radical (unpaired) electrons. The van der Waals surface area contributed by atoms with Crippen LogP contribution in [0.15, 0.2) is 42.5 Å². The highest BCUT2D eigenvalue weighted by Gasteiger charge is 2.38. The smallest absolute Gasteiger partial charge is 0.253 e. The number of aromatic nitrogens is 3. The molecule has 1 aliphatic heterocycles. The van der Waals surface area contributed by atoms with E-state index in [0.717, 1.165) is 24.2 Å². The molecule has 36 heavy (non-hydrogen) atoms. The van der Waals surface area contributed by atoms with Crippen LogP contribution in [-0.4, -0.2) is 52.8 Å². The topological polar surface area (TPSA) is 94.9 Å². The van der Waals surface area contributed by atoms with Gasteiger partial charge in [-0.15, -0.1) is 0 Å². The predicted octanol–water partition coefficient (Wildman–Crippen LogP) is 4.90. The highest BCUT2D eigenvalue weighted by molar-refractivity contribution is 5.95. The van der Waals surface area contributed by atoms with Crippen molar-refractivity contribution in [2.45, 2.75) is 50.1 Å². The minimum Gasteiger partial charge on any atom is -0.384 e. The summed E-state index contributed by atoms with van der Waals surface area (Å²) in [6, 6.07) is 14.5. The molecule has 1 aliphatic carbocycles. The number of likely N-dealkylation sites (tertiary alicyclic amines) is 1. The van der Waals surface area contributed by atoms with Gasteiger partial charge in [-0.05, 0) is 54.2 Å². The molecule has 2 aliphatic rings. The van der Waals surface area contributed by atoms with E-state index < -0.39 is 5.67 Å². The number of H-pyrrole nitrogens is 1. The van der Waals surface area contributed by atoms with E-state index in [1.54, 1.807) is 36.3 Å². The van der Waals surface area contributed by atoms with E-state index in [1.807, 2.05) is 18.2 Å². The Morgan fingerprint density at radius 1 is 1.22 bits per heavy atom. The average Bonchev–Trinajstić information content (AvgIpc) is 3.35. The number of hydrogen-bond acceptors (Lipinski definition) is 5. The quantitative estimate of drug-likeness (QED) is 0.511. The van der Waals surface area contributed by atoms with Crippen molar-refractivity contribution >= 4 is 5.91 Å². The van der Waals surface area contributed by atoms with Crippen molar-refractivity contribution < 1.29 is 13.9 Å². The van der Waals surface area contributed by atoms with Gasteiger partial charge in [-0.25, -0.2) is 9.37 Å². The third-order valence-corrected chi connectivity index (χ3v) is 7.54. The Morgan fingerprint density at radius 2 is 1.97 bits per heavy atom. The van der Waals surface area contributed by atoms with Gasteiger partial charge in [0.25, 0.3) is 5.91 Å². The number of amides is 1. The zero-order valence-corrected chi connectivity index (χ0v) is 20.5. The minimum absolute atomic E-state index is 0.103. The zero-order valence-electron chi connectivity index (χ0n) is 20.5. The number of nitrogens with zero attached hydrogens (tertiary/aromatic N) is 4. The number of methoxy groups -OCH3 is 1. The molecule has 5 rings (SSSR count). The first-order valence-electron chi connectivity index (χ1n) is 12.5.